The third-order valence-corrected chi connectivity index (χ3v) is 5.06. The maximum absolute atomic E-state index is 11.3. The maximum Gasteiger partial charge on any atom is 0.346 e. The number of benzene rings is 2. The van der Waals surface area contributed by atoms with E-state index in [1.54, 1.807) is 11.8 Å². The Kier molecular flexibility index (Phi) is 7.50. The Bertz CT molecular complexity index is 950. The minimum atomic E-state index is -0.284. The highest BCUT2D eigenvalue weighted by Crippen LogP contribution is 2.17. The van der Waals surface area contributed by atoms with Gasteiger partial charge in [0.15, 0.2) is 0 Å². The Labute approximate surface area is 169 Å². The van der Waals surface area contributed by atoms with E-state index < -0.39 is 0 Å². The molecule has 0 fully saturated rings. The molecule has 3 aromatic rings. The average molecular weight is 393 g/mol. The Morgan fingerprint density at radius 2 is 1.71 bits per heavy atom. The zero-order valence-electron chi connectivity index (χ0n) is 15.9. The van der Waals surface area contributed by atoms with E-state index in [9.17, 15) is 4.79 Å². The van der Waals surface area contributed by atoms with Crippen molar-refractivity contribution >= 4 is 23.9 Å². The number of ether oxygens (including phenoxy) is 1. The van der Waals surface area contributed by atoms with Gasteiger partial charge in [-0.25, -0.2) is 4.79 Å². The van der Waals surface area contributed by atoms with Crippen LogP contribution in [-0.2, 0) is 0 Å². The van der Waals surface area contributed by atoms with Crippen LogP contribution in [0.25, 0.3) is 12.2 Å². The van der Waals surface area contributed by atoms with Gasteiger partial charge in [0.1, 0.15) is 10.8 Å². The minimum Gasteiger partial charge on any atom is -0.494 e. The normalized spacial score (nSPS) is 11.0. The van der Waals surface area contributed by atoms with Crippen molar-refractivity contribution in [3.63, 3.8) is 0 Å². The molecule has 0 saturated heterocycles. The average Bonchev–Trinajstić information content (AvgIpc) is 2.70. The molecule has 0 unspecified atom stereocenters. The molecule has 3 rings (SSSR count). The lowest BCUT2D eigenvalue weighted by Gasteiger charge is -2.06. The van der Waals surface area contributed by atoms with Gasteiger partial charge in [-0.15, -0.1) is 11.8 Å². The van der Waals surface area contributed by atoms with E-state index in [0.29, 0.717) is 6.61 Å². The predicted molar refractivity (Wildman–Crippen MR) is 117 cm³/mol. The van der Waals surface area contributed by atoms with Gasteiger partial charge < -0.3 is 9.72 Å². The molecule has 144 valence electrons. The van der Waals surface area contributed by atoms with Crippen LogP contribution >= 0.6 is 11.8 Å². The highest BCUT2D eigenvalue weighted by molar-refractivity contribution is 7.99. The van der Waals surface area contributed by atoms with Gasteiger partial charge in [-0.2, -0.15) is 4.98 Å². The molecule has 0 atom stereocenters. The first-order chi connectivity index (χ1) is 13.7. The third kappa shape index (κ3) is 6.74. The van der Waals surface area contributed by atoms with E-state index in [0.717, 1.165) is 40.6 Å². The topological polar surface area (TPSA) is 55.0 Å². The largest absolute Gasteiger partial charge is 0.494 e. The summed E-state index contributed by atoms with van der Waals surface area (Å²) in [5.74, 6) is 1.80. The molecule has 4 nitrogen and oxygen atoms in total. The standard InChI is InChI=1S/C23H24N2O2S/c1-18-17-22(25-23(26)24-18)28-16-6-5-15-27-21-13-11-20(12-14-21)10-9-19-7-3-2-4-8-19/h2-4,7-14,17H,5-6,15-16H2,1H3,(H,24,25,26)/b10-9+. The quantitative estimate of drug-likeness (QED) is 0.235. The van der Waals surface area contributed by atoms with E-state index >= 15 is 0 Å². The molecule has 0 aliphatic heterocycles. The highest BCUT2D eigenvalue weighted by Gasteiger charge is 2.00. The summed E-state index contributed by atoms with van der Waals surface area (Å²) in [6, 6.07) is 20.3. The van der Waals surface area contributed by atoms with Crippen LogP contribution in [0.4, 0.5) is 0 Å². The SMILES string of the molecule is Cc1cc(SCCCCOc2ccc(/C=C/c3ccccc3)cc2)nc(=O)[nH]1. The number of nitrogens with zero attached hydrogens (tertiary/aromatic N) is 1. The molecular formula is C23H24N2O2S. The molecule has 0 saturated carbocycles. The van der Waals surface area contributed by atoms with Gasteiger partial charge in [0.2, 0.25) is 0 Å². The first-order valence-corrected chi connectivity index (χ1v) is 10.3. The van der Waals surface area contributed by atoms with Gasteiger partial charge >= 0.3 is 5.69 Å². The molecule has 28 heavy (non-hydrogen) atoms. The Hall–Kier alpha value is -2.79. The molecule has 0 amide bonds. The Balaban J connectivity index is 1.36. The van der Waals surface area contributed by atoms with E-state index in [2.05, 4.69) is 46.4 Å². The van der Waals surface area contributed by atoms with Crippen LogP contribution < -0.4 is 10.4 Å². The summed E-state index contributed by atoms with van der Waals surface area (Å²) in [6.07, 6.45) is 6.17. The molecule has 0 radical (unpaired) electrons. The van der Waals surface area contributed by atoms with Crippen molar-refractivity contribution in [2.45, 2.75) is 24.8 Å². The lowest BCUT2D eigenvalue weighted by molar-refractivity contribution is 0.310. The molecule has 0 bridgehead atoms. The van der Waals surface area contributed by atoms with Crippen LogP contribution in [0.5, 0.6) is 5.75 Å². The van der Waals surface area contributed by atoms with E-state index in [-0.39, 0.29) is 5.69 Å². The molecule has 0 spiro atoms. The summed E-state index contributed by atoms with van der Waals surface area (Å²) in [6.45, 7) is 2.55. The van der Waals surface area contributed by atoms with Gasteiger partial charge in [0.25, 0.3) is 0 Å². The maximum atomic E-state index is 11.3. The number of hydrogen-bond acceptors (Lipinski definition) is 4. The first-order valence-electron chi connectivity index (χ1n) is 9.36. The number of unbranched alkanes of at least 4 members (excludes halogenated alkanes) is 1. The van der Waals surface area contributed by atoms with Crippen molar-refractivity contribution in [1.82, 2.24) is 9.97 Å². The zero-order valence-corrected chi connectivity index (χ0v) is 16.7. The van der Waals surface area contributed by atoms with Gasteiger partial charge in [0.05, 0.1) is 6.61 Å². The van der Waals surface area contributed by atoms with Crippen molar-refractivity contribution in [3.8, 4) is 5.75 Å². The summed E-state index contributed by atoms with van der Waals surface area (Å²) >= 11 is 1.61. The number of rotatable bonds is 9. The molecule has 1 heterocycles. The Morgan fingerprint density at radius 3 is 2.43 bits per heavy atom. The third-order valence-electron chi connectivity index (χ3n) is 4.06. The lowest BCUT2D eigenvalue weighted by atomic mass is 10.1. The fourth-order valence-corrected chi connectivity index (χ4v) is 3.59. The number of aromatic nitrogens is 2. The molecular weight excluding hydrogens is 368 g/mol. The summed E-state index contributed by atoms with van der Waals surface area (Å²) < 4.78 is 5.81. The fourth-order valence-electron chi connectivity index (χ4n) is 2.63. The molecule has 2 aromatic carbocycles. The van der Waals surface area contributed by atoms with Crippen LogP contribution in [0.3, 0.4) is 0 Å². The second kappa shape index (κ2) is 10.5. The van der Waals surface area contributed by atoms with Crippen molar-refractivity contribution < 1.29 is 4.74 Å². The molecule has 5 heteroatoms. The van der Waals surface area contributed by atoms with E-state index in [4.69, 9.17) is 4.74 Å². The van der Waals surface area contributed by atoms with Crippen LogP contribution in [0.2, 0.25) is 0 Å². The number of aromatic amines is 1. The van der Waals surface area contributed by atoms with Crippen LogP contribution in [0.15, 0.2) is 70.5 Å². The van der Waals surface area contributed by atoms with Gasteiger partial charge in [-0.3, -0.25) is 0 Å². The highest BCUT2D eigenvalue weighted by atomic mass is 32.2. The van der Waals surface area contributed by atoms with Crippen LogP contribution in [0, 0.1) is 6.92 Å². The summed E-state index contributed by atoms with van der Waals surface area (Å²) in [4.78, 5) is 17.9. The second-order valence-corrected chi connectivity index (χ2v) is 7.54. The lowest BCUT2D eigenvalue weighted by Crippen LogP contribution is -2.11. The van der Waals surface area contributed by atoms with E-state index in [1.807, 2.05) is 43.3 Å². The second-order valence-electron chi connectivity index (χ2n) is 6.42. The number of H-pyrrole nitrogens is 1. The summed E-state index contributed by atoms with van der Waals surface area (Å²) in [7, 11) is 0. The van der Waals surface area contributed by atoms with Gasteiger partial charge in [-0.1, -0.05) is 54.6 Å². The number of thioether (sulfide) groups is 1. The molecule has 0 aliphatic carbocycles. The van der Waals surface area contributed by atoms with Crippen molar-refractivity contribution in [1.29, 1.82) is 0 Å². The summed E-state index contributed by atoms with van der Waals surface area (Å²) in [5.41, 5.74) is 2.89. The van der Waals surface area contributed by atoms with Gasteiger partial charge in [0, 0.05) is 5.69 Å². The fraction of sp³-hybridized carbons (Fsp3) is 0.217. The first kappa shape index (κ1) is 20.0. The number of hydrogen-bond donors (Lipinski definition) is 1. The summed E-state index contributed by atoms with van der Waals surface area (Å²) in [5, 5.41) is 0.779. The van der Waals surface area contributed by atoms with Crippen LogP contribution in [0.1, 0.15) is 29.7 Å². The van der Waals surface area contributed by atoms with Crippen LogP contribution in [-0.4, -0.2) is 22.3 Å². The molecule has 1 N–H and O–H groups in total. The molecule has 0 aliphatic rings. The predicted octanol–water partition coefficient (Wildman–Crippen LogP) is 5.20. The van der Waals surface area contributed by atoms with Gasteiger partial charge in [-0.05, 0) is 54.8 Å². The smallest absolute Gasteiger partial charge is 0.346 e. The minimum absolute atomic E-state index is 0.284. The van der Waals surface area contributed by atoms with E-state index in [1.165, 1.54) is 5.56 Å². The zero-order chi connectivity index (χ0) is 19.6. The van der Waals surface area contributed by atoms with Crippen molar-refractivity contribution in [2.75, 3.05) is 12.4 Å². The van der Waals surface area contributed by atoms with Crippen molar-refractivity contribution in [2.24, 2.45) is 0 Å². The monoisotopic (exact) mass is 392 g/mol. The number of nitrogens with one attached hydrogen (secondary N) is 1. The molecule has 1 aromatic heterocycles. The van der Waals surface area contributed by atoms with Crippen molar-refractivity contribution in [3.05, 3.63) is 88.0 Å². The Morgan fingerprint density at radius 1 is 1.00 bits per heavy atom. The number of aryl methyl sites for hydroxylation is 1.